The molecule has 0 radical (unpaired) electrons. The Bertz CT molecular complexity index is 128. The molecule has 0 atom stereocenters. The van der Waals surface area contributed by atoms with Gasteiger partial charge in [0, 0.05) is 0 Å². The van der Waals surface area contributed by atoms with Crippen molar-refractivity contribution in [3.8, 4) is 0 Å². The van der Waals surface area contributed by atoms with Crippen molar-refractivity contribution < 1.29 is 18.1 Å². The van der Waals surface area contributed by atoms with Crippen molar-refractivity contribution in [3.63, 3.8) is 0 Å². The molecule has 66 valence electrons. The summed E-state index contributed by atoms with van der Waals surface area (Å²) in [5.74, 6) is -1.11. The van der Waals surface area contributed by atoms with E-state index in [1.165, 1.54) is 0 Å². The predicted molar refractivity (Wildman–Crippen MR) is 37.3 cm³/mol. The van der Waals surface area contributed by atoms with Crippen LogP contribution in [0.15, 0.2) is 0 Å². The fourth-order valence-corrected chi connectivity index (χ4v) is 1.48. The van der Waals surface area contributed by atoms with Crippen LogP contribution in [0, 0.1) is 0 Å². The molecule has 11 heavy (non-hydrogen) atoms. The van der Waals surface area contributed by atoms with Crippen molar-refractivity contribution in [1.29, 1.82) is 0 Å². The van der Waals surface area contributed by atoms with Gasteiger partial charge in [-0.2, -0.15) is 0 Å². The molecule has 1 N–H and O–H groups in total. The topological polar surface area (TPSA) is 20.2 Å². The van der Waals surface area contributed by atoms with Crippen LogP contribution in [0.3, 0.4) is 0 Å². The number of hydrogen-bond acceptors (Lipinski definition) is 1. The van der Waals surface area contributed by atoms with Gasteiger partial charge in [-0.1, -0.05) is 18.7 Å². The Balaban J connectivity index is 2.39. The van der Waals surface area contributed by atoms with Gasteiger partial charge in [0.15, 0.2) is 0 Å². The summed E-state index contributed by atoms with van der Waals surface area (Å²) in [6.45, 7) is -4.66. The molecule has 0 aliphatic heterocycles. The van der Waals surface area contributed by atoms with Crippen molar-refractivity contribution in [2.24, 2.45) is 0 Å². The molecule has 1 aliphatic rings. The van der Waals surface area contributed by atoms with Gasteiger partial charge in [0.05, 0.1) is 6.10 Å². The highest BCUT2D eigenvalue weighted by atomic mass is 19.4. The van der Waals surface area contributed by atoms with E-state index in [2.05, 4.69) is 0 Å². The highest BCUT2D eigenvalue weighted by Crippen LogP contribution is 2.38. The summed E-state index contributed by atoms with van der Waals surface area (Å²) in [7, 11) is 0. The summed E-state index contributed by atoms with van der Waals surface area (Å²) in [5.41, 5.74) is 0. The molecule has 5 heteroatoms. The van der Waals surface area contributed by atoms with E-state index in [1.54, 1.807) is 0 Å². The molecular weight excluding hydrogens is 156 g/mol. The smallest absolute Gasteiger partial charge is 0.449 e. The van der Waals surface area contributed by atoms with Gasteiger partial charge in [-0.15, -0.1) is 0 Å². The maximum absolute atomic E-state index is 12.0. The van der Waals surface area contributed by atoms with Crippen LogP contribution in [-0.4, -0.2) is 18.2 Å². The lowest BCUT2D eigenvalue weighted by Crippen LogP contribution is -2.29. The van der Waals surface area contributed by atoms with E-state index in [0.717, 1.165) is 0 Å². The summed E-state index contributed by atoms with van der Waals surface area (Å²) >= 11 is 0. The molecule has 1 rings (SSSR count). The molecule has 1 aliphatic carbocycles. The van der Waals surface area contributed by atoms with E-state index in [4.69, 9.17) is 5.11 Å². The fourth-order valence-electron chi connectivity index (χ4n) is 1.48. The normalized spacial score (nSPS) is 33.8. The Morgan fingerprint density at radius 1 is 1.00 bits per heavy atom. The molecule has 0 bridgehead atoms. The predicted octanol–water partition coefficient (Wildman–Crippen LogP) is 2.14. The van der Waals surface area contributed by atoms with Crippen LogP contribution in [-0.2, 0) is 0 Å². The number of aliphatic hydroxyl groups excluding tert-OH is 1. The second kappa shape index (κ2) is 3.05. The molecule has 0 heterocycles. The van der Waals surface area contributed by atoms with Crippen LogP contribution >= 0.6 is 0 Å². The first-order valence-electron chi connectivity index (χ1n) is 3.88. The number of hydrogen-bond donors (Lipinski definition) is 1. The molecular formula is C6H11BF3O-. The van der Waals surface area contributed by atoms with E-state index < -0.39 is 18.9 Å². The average Bonchev–Trinajstić information content (AvgIpc) is 1.86. The van der Waals surface area contributed by atoms with Gasteiger partial charge in [0.1, 0.15) is 0 Å². The fraction of sp³-hybridized carbons (Fsp3) is 1.00. The van der Waals surface area contributed by atoms with Gasteiger partial charge < -0.3 is 18.1 Å². The minimum atomic E-state index is -4.66. The lowest BCUT2D eigenvalue weighted by Gasteiger charge is -2.32. The minimum absolute atomic E-state index is 0.116. The zero-order valence-electron chi connectivity index (χ0n) is 6.14. The Morgan fingerprint density at radius 2 is 1.45 bits per heavy atom. The Labute approximate surface area is 63.7 Å². The van der Waals surface area contributed by atoms with Crippen molar-refractivity contribution >= 4 is 6.98 Å². The van der Waals surface area contributed by atoms with Gasteiger partial charge in [0.2, 0.25) is 0 Å². The van der Waals surface area contributed by atoms with Gasteiger partial charge >= 0.3 is 6.98 Å². The standard InChI is InChI=1S/C6H11BF3O/c8-7(9,10)5-1-3-6(11)4-2-5/h5-6,11H,1-4H2/q-1. The van der Waals surface area contributed by atoms with Gasteiger partial charge in [-0.05, 0) is 12.8 Å². The first-order chi connectivity index (χ1) is 5.00. The van der Waals surface area contributed by atoms with Crippen molar-refractivity contribution in [1.82, 2.24) is 0 Å². The third kappa shape index (κ3) is 2.40. The van der Waals surface area contributed by atoms with Gasteiger partial charge in [0.25, 0.3) is 0 Å². The quantitative estimate of drug-likeness (QED) is 0.593. The molecule has 0 saturated heterocycles. The van der Waals surface area contributed by atoms with E-state index in [9.17, 15) is 12.9 Å². The Kier molecular flexibility index (Phi) is 2.47. The summed E-state index contributed by atoms with van der Waals surface area (Å²) in [5, 5.41) is 8.93. The second-order valence-corrected chi connectivity index (χ2v) is 3.19. The number of rotatable bonds is 1. The van der Waals surface area contributed by atoms with Crippen molar-refractivity contribution in [2.75, 3.05) is 0 Å². The van der Waals surface area contributed by atoms with Crippen molar-refractivity contribution in [2.45, 2.75) is 37.6 Å². The van der Waals surface area contributed by atoms with Crippen molar-refractivity contribution in [3.05, 3.63) is 0 Å². The van der Waals surface area contributed by atoms with Crippen LogP contribution in [0.5, 0.6) is 0 Å². The molecule has 1 fully saturated rings. The van der Waals surface area contributed by atoms with Gasteiger partial charge in [-0.3, -0.25) is 0 Å². The highest BCUT2D eigenvalue weighted by Gasteiger charge is 2.36. The molecule has 0 spiro atoms. The second-order valence-electron chi connectivity index (χ2n) is 3.19. The summed E-state index contributed by atoms with van der Waals surface area (Å²) in [6.07, 6.45) is 0.358. The maximum Gasteiger partial charge on any atom is 0.481 e. The van der Waals surface area contributed by atoms with Crippen LogP contribution in [0.25, 0.3) is 0 Å². The lowest BCUT2D eigenvalue weighted by atomic mass is 9.64. The maximum atomic E-state index is 12.0. The molecule has 0 aromatic carbocycles. The van der Waals surface area contributed by atoms with E-state index in [-0.39, 0.29) is 12.8 Å². The summed E-state index contributed by atoms with van der Waals surface area (Å²) < 4.78 is 36.1. The minimum Gasteiger partial charge on any atom is -0.449 e. The van der Waals surface area contributed by atoms with Crippen LogP contribution in [0.1, 0.15) is 25.7 Å². The van der Waals surface area contributed by atoms with E-state index in [0.29, 0.717) is 12.8 Å². The zero-order valence-corrected chi connectivity index (χ0v) is 6.14. The van der Waals surface area contributed by atoms with E-state index >= 15 is 0 Å². The summed E-state index contributed by atoms with van der Waals surface area (Å²) in [6, 6.07) is 0. The molecule has 1 nitrogen and oxygen atoms in total. The first kappa shape index (κ1) is 8.91. The molecule has 0 unspecified atom stereocenters. The first-order valence-corrected chi connectivity index (χ1v) is 3.88. The summed E-state index contributed by atoms with van der Waals surface area (Å²) in [4.78, 5) is 0. The lowest BCUT2D eigenvalue weighted by molar-refractivity contribution is 0.125. The molecule has 1 saturated carbocycles. The third-order valence-electron chi connectivity index (χ3n) is 2.28. The largest absolute Gasteiger partial charge is 0.481 e. The number of aliphatic hydroxyl groups is 1. The van der Waals surface area contributed by atoms with Crippen LogP contribution in [0.2, 0.25) is 5.82 Å². The third-order valence-corrected chi connectivity index (χ3v) is 2.28. The molecule has 0 aromatic heterocycles. The number of halogens is 3. The molecule has 0 amide bonds. The Hall–Kier alpha value is -0.185. The van der Waals surface area contributed by atoms with E-state index in [1.807, 2.05) is 0 Å². The Morgan fingerprint density at radius 3 is 1.82 bits per heavy atom. The highest BCUT2D eigenvalue weighted by molar-refractivity contribution is 6.60. The van der Waals surface area contributed by atoms with Crippen LogP contribution < -0.4 is 0 Å². The average molecular weight is 167 g/mol. The van der Waals surface area contributed by atoms with Crippen LogP contribution in [0.4, 0.5) is 12.9 Å². The van der Waals surface area contributed by atoms with Gasteiger partial charge in [-0.25, -0.2) is 0 Å². The molecule has 0 aromatic rings. The SMILES string of the molecule is OC1CCC([B-](F)(F)F)CC1. The monoisotopic (exact) mass is 167 g/mol. The zero-order chi connectivity index (χ0) is 8.48.